The number of benzene rings is 1. The van der Waals surface area contributed by atoms with Crippen LogP contribution in [-0.4, -0.2) is 31.1 Å². The van der Waals surface area contributed by atoms with Crippen molar-refractivity contribution in [2.45, 2.75) is 31.8 Å². The van der Waals surface area contributed by atoms with Crippen molar-refractivity contribution < 1.29 is 4.74 Å². The van der Waals surface area contributed by atoms with Gasteiger partial charge in [-0.3, -0.25) is 4.90 Å². The second-order valence-corrected chi connectivity index (χ2v) is 5.24. The Morgan fingerprint density at radius 3 is 2.78 bits per heavy atom. The summed E-state index contributed by atoms with van der Waals surface area (Å²) in [6, 6.07) is 6.46. The fraction of sp³-hybridized carbons (Fsp3) is 0.571. The molecule has 0 aliphatic heterocycles. The summed E-state index contributed by atoms with van der Waals surface area (Å²) < 4.78 is 5.39. The molecular formula is C14H21ClN2O. The Balaban J connectivity index is 2.11. The Labute approximate surface area is 114 Å². The van der Waals surface area contributed by atoms with Gasteiger partial charge in [0.2, 0.25) is 0 Å². The average molecular weight is 269 g/mol. The zero-order chi connectivity index (χ0) is 13.0. The summed E-state index contributed by atoms with van der Waals surface area (Å²) >= 11 is 6.06. The fourth-order valence-electron chi connectivity index (χ4n) is 2.40. The Morgan fingerprint density at radius 2 is 2.22 bits per heavy atom. The van der Waals surface area contributed by atoms with Crippen LogP contribution in [-0.2, 0) is 6.54 Å². The van der Waals surface area contributed by atoms with Gasteiger partial charge in [0.1, 0.15) is 5.75 Å². The van der Waals surface area contributed by atoms with Gasteiger partial charge >= 0.3 is 0 Å². The first-order chi connectivity index (χ1) is 8.74. The number of methoxy groups -OCH3 is 1. The van der Waals surface area contributed by atoms with Gasteiger partial charge in [-0.05, 0) is 31.0 Å². The summed E-state index contributed by atoms with van der Waals surface area (Å²) in [5, 5.41) is 0.757. The van der Waals surface area contributed by atoms with Gasteiger partial charge in [-0.15, -0.1) is 0 Å². The second-order valence-electron chi connectivity index (χ2n) is 4.80. The van der Waals surface area contributed by atoms with Crippen LogP contribution in [0.3, 0.4) is 0 Å². The number of halogens is 1. The Hall–Kier alpha value is -0.770. The smallest absolute Gasteiger partial charge is 0.123 e. The van der Waals surface area contributed by atoms with Gasteiger partial charge in [-0.2, -0.15) is 0 Å². The topological polar surface area (TPSA) is 38.5 Å². The van der Waals surface area contributed by atoms with Gasteiger partial charge in [-0.1, -0.05) is 18.0 Å². The highest BCUT2D eigenvalue weighted by Crippen LogP contribution is 2.29. The Bertz CT molecular complexity index is 393. The van der Waals surface area contributed by atoms with Crippen LogP contribution in [0.4, 0.5) is 0 Å². The van der Waals surface area contributed by atoms with E-state index in [0.717, 1.165) is 29.4 Å². The highest BCUT2D eigenvalue weighted by atomic mass is 35.5. The number of nitrogens with zero attached hydrogens (tertiary/aromatic N) is 1. The number of ether oxygens (including phenoxy) is 1. The largest absolute Gasteiger partial charge is 0.496 e. The van der Waals surface area contributed by atoms with E-state index in [4.69, 9.17) is 22.1 Å². The van der Waals surface area contributed by atoms with Crippen LogP contribution >= 0.6 is 11.6 Å². The van der Waals surface area contributed by atoms with Gasteiger partial charge in [0.25, 0.3) is 0 Å². The summed E-state index contributed by atoms with van der Waals surface area (Å²) in [7, 11) is 1.70. The molecule has 0 saturated heterocycles. The number of hydrogen-bond acceptors (Lipinski definition) is 3. The van der Waals surface area contributed by atoms with E-state index in [1.165, 1.54) is 19.3 Å². The van der Waals surface area contributed by atoms with E-state index < -0.39 is 0 Å². The van der Waals surface area contributed by atoms with Crippen LogP contribution in [0.25, 0.3) is 0 Å². The van der Waals surface area contributed by atoms with Crippen molar-refractivity contribution in [1.82, 2.24) is 4.90 Å². The van der Waals surface area contributed by atoms with Gasteiger partial charge in [0.05, 0.1) is 7.11 Å². The molecule has 0 spiro atoms. The third-order valence-corrected chi connectivity index (χ3v) is 3.86. The third kappa shape index (κ3) is 3.16. The first kappa shape index (κ1) is 13.7. The predicted molar refractivity (Wildman–Crippen MR) is 75.1 cm³/mol. The van der Waals surface area contributed by atoms with Crippen LogP contribution in [0, 0.1) is 0 Å². The molecule has 2 N–H and O–H groups in total. The molecule has 0 radical (unpaired) electrons. The van der Waals surface area contributed by atoms with E-state index in [1.807, 2.05) is 18.2 Å². The van der Waals surface area contributed by atoms with E-state index in [2.05, 4.69) is 4.90 Å². The molecule has 1 saturated carbocycles. The van der Waals surface area contributed by atoms with Gasteiger partial charge in [-0.25, -0.2) is 0 Å². The van der Waals surface area contributed by atoms with Crippen molar-refractivity contribution in [2.75, 3.05) is 20.2 Å². The maximum absolute atomic E-state index is 6.06. The number of nitrogens with two attached hydrogens (primary N) is 1. The summed E-state index contributed by atoms with van der Waals surface area (Å²) in [5.41, 5.74) is 6.84. The molecule has 0 aromatic heterocycles. The molecule has 4 heteroatoms. The zero-order valence-electron chi connectivity index (χ0n) is 10.9. The van der Waals surface area contributed by atoms with Crippen LogP contribution < -0.4 is 10.5 Å². The van der Waals surface area contributed by atoms with Crippen molar-refractivity contribution in [3.8, 4) is 5.75 Å². The third-order valence-electron chi connectivity index (χ3n) is 3.62. The van der Waals surface area contributed by atoms with E-state index in [9.17, 15) is 0 Å². The molecule has 1 aliphatic carbocycles. The first-order valence-electron chi connectivity index (χ1n) is 6.51. The highest BCUT2D eigenvalue weighted by Gasteiger charge is 2.25. The lowest BCUT2D eigenvalue weighted by atomic mass is 9.91. The lowest BCUT2D eigenvalue weighted by Gasteiger charge is -2.37. The first-order valence-corrected chi connectivity index (χ1v) is 6.89. The maximum atomic E-state index is 6.06. The second kappa shape index (κ2) is 6.41. The van der Waals surface area contributed by atoms with Crippen molar-refractivity contribution >= 4 is 11.6 Å². The van der Waals surface area contributed by atoms with Crippen molar-refractivity contribution in [3.05, 3.63) is 28.8 Å². The molecule has 2 rings (SSSR count). The number of hydrogen-bond donors (Lipinski definition) is 1. The minimum Gasteiger partial charge on any atom is -0.496 e. The average Bonchev–Trinajstić information content (AvgIpc) is 2.27. The fourth-order valence-corrected chi connectivity index (χ4v) is 2.59. The van der Waals surface area contributed by atoms with Crippen molar-refractivity contribution in [1.29, 1.82) is 0 Å². The minimum absolute atomic E-state index is 0.678. The molecule has 0 bridgehead atoms. The molecular weight excluding hydrogens is 248 g/mol. The summed E-state index contributed by atoms with van der Waals surface area (Å²) in [6.45, 7) is 2.49. The maximum Gasteiger partial charge on any atom is 0.123 e. The SMILES string of the molecule is COc1ccc(Cl)cc1CN(CCN)C1CCC1. The van der Waals surface area contributed by atoms with E-state index in [-0.39, 0.29) is 0 Å². The molecule has 1 aromatic rings. The quantitative estimate of drug-likeness (QED) is 0.862. The lowest BCUT2D eigenvalue weighted by molar-refractivity contribution is 0.122. The van der Waals surface area contributed by atoms with Crippen molar-refractivity contribution in [2.24, 2.45) is 5.73 Å². The minimum atomic E-state index is 0.678. The van der Waals surface area contributed by atoms with Gasteiger partial charge < -0.3 is 10.5 Å². The molecule has 3 nitrogen and oxygen atoms in total. The molecule has 100 valence electrons. The molecule has 1 fully saturated rings. The van der Waals surface area contributed by atoms with E-state index >= 15 is 0 Å². The molecule has 1 aromatic carbocycles. The van der Waals surface area contributed by atoms with Crippen LogP contribution in [0.2, 0.25) is 5.02 Å². The Morgan fingerprint density at radius 1 is 1.44 bits per heavy atom. The van der Waals surface area contributed by atoms with Crippen LogP contribution in [0.1, 0.15) is 24.8 Å². The number of rotatable bonds is 6. The summed E-state index contributed by atoms with van der Waals surface area (Å²) in [5.74, 6) is 0.903. The van der Waals surface area contributed by atoms with E-state index in [1.54, 1.807) is 7.11 Å². The molecule has 0 amide bonds. The van der Waals surface area contributed by atoms with Crippen LogP contribution in [0.15, 0.2) is 18.2 Å². The molecule has 0 atom stereocenters. The Kier molecular flexibility index (Phi) is 4.87. The molecule has 1 aliphatic rings. The monoisotopic (exact) mass is 268 g/mol. The normalized spacial score (nSPS) is 15.8. The summed E-state index contributed by atoms with van der Waals surface area (Å²) in [6.07, 6.45) is 3.89. The highest BCUT2D eigenvalue weighted by molar-refractivity contribution is 6.30. The standard InChI is InChI=1S/C14H21ClN2O/c1-18-14-6-5-12(15)9-11(14)10-17(8-7-16)13-3-2-4-13/h5-6,9,13H,2-4,7-8,10,16H2,1H3. The zero-order valence-corrected chi connectivity index (χ0v) is 11.6. The van der Waals surface area contributed by atoms with Gasteiger partial charge in [0.15, 0.2) is 0 Å². The lowest BCUT2D eigenvalue weighted by Crippen LogP contribution is -2.42. The summed E-state index contributed by atoms with van der Waals surface area (Å²) in [4.78, 5) is 2.44. The van der Waals surface area contributed by atoms with Gasteiger partial charge in [0, 0.05) is 36.3 Å². The molecule has 0 unspecified atom stereocenters. The predicted octanol–water partition coefficient (Wildman–Crippen LogP) is 2.66. The molecule has 0 heterocycles. The van der Waals surface area contributed by atoms with E-state index in [0.29, 0.717) is 12.6 Å². The molecule has 18 heavy (non-hydrogen) atoms. The van der Waals surface area contributed by atoms with Crippen molar-refractivity contribution in [3.63, 3.8) is 0 Å². The van der Waals surface area contributed by atoms with Crippen LogP contribution in [0.5, 0.6) is 5.75 Å².